The van der Waals surface area contributed by atoms with Gasteiger partial charge < -0.3 is 20.9 Å². The van der Waals surface area contributed by atoms with Gasteiger partial charge in [-0.15, -0.1) is 0 Å². The molecule has 0 aliphatic heterocycles. The lowest BCUT2D eigenvalue weighted by Gasteiger charge is -2.28. The number of nitrogens with two attached hydrogens (primary N) is 2. The minimum Gasteiger partial charge on any atom is -0.459 e. The van der Waals surface area contributed by atoms with Crippen molar-refractivity contribution in [2.45, 2.75) is 44.8 Å². The molecule has 0 radical (unpaired) electrons. The van der Waals surface area contributed by atoms with Crippen molar-refractivity contribution in [3.63, 3.8) is 0 Å². The summed E-state index contributed by atoms with van der Waals surface area (Å²) >= 11 is 0. The highest BCUT2D eigenvalue weighted by molar-refractivity contribution is 5.91. The average molecular weight is 318 g/mol. The molecule has 1 fully saturated rings. The molecule has 6 heteroatoms. The van der Waals surface area contributed by atoms with Gasteiger partial charge in [-0.3, -0.25) is 0 Å². The zero-order valence-corrected chi connectivity index (χ0v) is 13.2. The molecular formula is C17H22N2O4. The number of nitrogen functional groups attached to an aromatic ring is 2. The molecule has 0 spiro atoms. The van der Waals surface area contributed by atoms with Gasteiger partial charge >= 0.3 is 11.9 Å². The largest absolute Gasteiger partial charge is 0.459 e. The second-order valence-electron chi connectivity index (χ2n) is 5.88. The van der Waals surface area contributed by atoms with Crippen molar-refractivity contribution in [3.8, 4) is 0 Å². The van der Waals surface area contributed by atoms with Gasteiger partial charge in [-0.25, -0.2) is 9.59 Å². The van der Waals surface area contributed by atoms with E-state index in [2.05, 4.69) is 6.58 Å². The maximum Gasteiger partial charge on any atom is 0.338 e. The van der Waals surface area contributed by atoms with Crippen LogP contribution >= 0.6 is 0 Å². The number of rotatable bonds is 4. The predicted octanol–water partition coefficient (Wildman–Crippen LogP) is 2.44. The Bertz CT molecular complexity index is 599. The lowest BCUT2D eigenvalue weighted by molar-refractivity contribution is -0.146. The van der Waals surface area contributed by atoms with Gasteiger partial charge in [-0.2, -0.15) is 0 Å². The fourth-order valence-corrected chi connectivity index (χ4v) is 2.53. The molecule has 0 aromatic heterocycles. The maximum absolute atomic E-state index is 12.1. The Morgan fingerprint density at radius 1 is 1.00 bits per heavy atom. The van der Waals surface area contributed by atoms with Crippen molar-refractivity contribution in [1.82, 2.24) is 0 Å². The number of hydrogen-bond acceptors (Lipinski definition) is 6. The van der Waals surface area contributed by atoms with Gasteiger partial charge in [-0.1, -0.05) is 6.58 Å². The van der Waals surface area contributed by atoms with Gasteiger partial charge in [0, 0.05) is 16.9 Å². The van der Waals surface area contributed by atoms with Gasteiger partial charge in [-0.05, 0) is 50.8 Å². The molecule has 124 valence electrons. The summed E-state index contributed by atoms with van der Waals surface area (Å²) in [6, 6.07) is 4.66. The molecule has 23 heavy (non-hydrogen) atoms. The summed E-state index contributed by atoms with van der Waals surface area (Å²) in [6.45, 7) is 5.18. The summed E-state index contributed by atoms with van der Waals surface area (Å²) in [6.07, 6.45) is 2.30. The number of benzene rings is 1. The van der Waals surface area contributed by atoms with Crippen LogP contribution in [0, 0.1) is 0 Å². The van der Waals surface area contributed by atoms with E-state index in [0.29, 0.717) is 48.2 Å². The quantitative estimate of drug-likeness (QED) is 0.502. The second-order valence-corrected chi connectivity index (χ2v) is 5.88. The van der Waals surface area contributed by atoms with Gasteiger partial charge in [0.1, 0.15) is 12.2 Å². The van der Waals surface area contributed by atoms with E-state index in [0.717, 1.165) is 0 Å². The van der Waals surface area contributed by atoms with Crippen molar-refractivity contribution >= 4 is 23.3 Å². The predicted molar refractivity (Wildman–Crippen MR) is 87.6 cm³/mol. The van der Waals surface area contributed by atoms with Crippen LogP contribution in [-0.2, 0) is 14.3 Å². The highest BCUT2D eigenvalue weighted by Gasteiger charge is 2.26. The third-order valence-electron chi connectivity index (χ3n) is 3.73. The number of ether oxygens (including phenoxy) is 2. The van der Waals surface area contributed by atoms with E-state index < -0.39 is 5.97 Å². The van der Waals surface area contributed by atoms with Gasteiger partial charge in [0.25, 0.3) is 0 Å². The minimum atomic E-state index is -0.439. The lowest BCUT2D eigenvalue weighted by Crippen LogP contribution is -2.30. The van der Waals surface area contributed by atoms with Crippen molar-refractivity contribution in [2.24, 2.45) is 0 Å². The second kappa shape index (κ2) is 7.17. The van der Waals surface area contributed by atoms with E-state index in [1.54, 1.807) is 25.1 Å². The SMILES string of the molecule is C=C(C)C(=O)OC1CCC(OC(=O)c2cc(N)cc(N)c2)CC1. The summed E-state index contributed by atoms with van der Waals surface area (Å²) in [5.41, 5.74) is 12.9. The molecule has 0 unspecified atom stereocenters. The van der Waals surface area contributed by atoms with Crippen LogP contribution in [0.5, 0.6) is 0 Å². The summed E-state index contributed by atoms with van der Waals surface area (Å²) in [4.78, 5) is 23.6. The van der Waals surface area contributed by atoms with E-state index in [1.165, 1.54) is 0 Å². The van der Waals surface area contributed by atoms with Crippen LogP contribution in [0.15, 0.2) is 30.4 Å². The van der Waals surface area contributed by atoms with Crippen molar-refractivity contribution in [3.05, 3.63) is 35.9 Å². The molecule has 1 aliphatic rings. The first-order chi connectivity index (χ1) is 10.8. The van der Waals surface area contributed by atoms with Gasteiger partial charge in [0.15, 0.2) is 0 Å². The molecule has 1 aliphatic carbocycles. The fraction of sp³-hybridized carbons (Fsp3) is 0.412. The van der Waals surface area contributed by atoms with Crippen molar-refractivity contribution < 1.29 is 19.1 Å². The number of carbonyl (C=O) groups excluding carboxylic acids is 2. The Balaban J connectivity index is 1.85. The van der Waals surface area contributed by atoms with E-state index in [-0.39, 0.29) is 18.2 Å². The number of carbonyl (C=O) groups is 2. The summed E-state index contributed by atoms with van der Waals surface area (Å²) < 4.78 is 10.8. The summed E-state index contributed by atoms with van der Waals surface area (Å²) in [5.74, 6) is -0.813. The molecule has 4 N–H and O–H groups in total. The molecule has 0 saturated heterocycles. The Labute approximate surface area is 135 Å². The first-order valence-electron chi connectivity index (χ1n) is 7.58. The number of esters is 2. The molecule has 1 aromatic rings. The van der Waals surface area contributed by atoms with Crippen LogP contribution in [0.4, 0.5) is 11.4 Å². The van der Waals surface area contributed by atoms with Crippen LogP contribution in [0.1, 0.15) is 43.0 Å². The first kappa shape index (κ1) is 16.9. The Morgan fingerprint density at radius 3 is 1.96 bits per heavy atom. The minimum absolute atomic E-state index is 0.142. The van der Waals surface area contributed by atoms with E-state index in [9.17, 15) is 9.59 Å². The zero-order chi connectivity index (χ0) is 17.0. The normalized spacial score (nSPS) is 20.6. The van der Waals surface area contributed by atoms with Crippen LogP contribution < -0.4 is 11.5 Å². The number of anilines is 2. The Hall–Kier alpha value is -2.50. The van der Waals surface area contributed by atoms with E-state index in [1.807, 2.05) is 0 Å². The van der Waals surface area contributed by atoms with Crippen molar-refractivity contribution in [2.75, 3.05) is 11.5 Å². The third kappa shape index (κ3) is 4.74. The molecule has 0 amide bonds. The number of hydrogen-bond donors (Lipinski definition) is 2. The van der Waals surface area contributed by atoms with Crippen molar-refractivity contribution in [1.29, 1.82) is 0 Å². The van der Waals surface area contributed by atoms with Crippen LogP contribution in [0.3, 0.4) is 0 Å². The zero-order valence-electron chi connectivity index (χ0n) is 13.2. The fourth-order valence-electron chi connectivity index (χ4n) is 2.53. The molecule has 2 rings (SSSR count). The Morgan fingerprint density at radius 2 is 1.48 bits per heavy atom. The monoisotopic (exact) mass is 318 g/mol. The standard InChI is InChI=1S/C17H22N2O4/c1-10(2)16(20)22-14-3-5-15(6-4-14)23-17(21)11-7-12(18)9-13(19)8-11/h7-9,14-15H,1,3-6,18-19H2,2H3. The van der Waals surface area contributed by atoms with Gasteiger partial charge in [0.2, 0.25) is 0 Å². The molecule has 0 bridgehead atoms. The molecule has 1 aromatic carbocycles. The van der Waals surface area contributed by atoms with Crippen LogP contribution in [-0.4, -0.2) is 24.1 Å². The molecule has 6 nitrogen and oxygen atoms in total. The van der Waals surface area contributed by atoms with Crippen LogP contribution in [0.25, 0.3) is 0 Å². The molecule has 0 heterocycles. The molecule has 1 saturated carbocycles. The lowest BCUT2D eigenvalue weighted by atomic mass is 9.95. The van der Waals surface area contributed by atoms with E-state index >= 15 is 0 Å². The summed E-state index contributed by atoms with van der Waals surface area (Å²) in [5, 5.41) is 0. The Kier molecular flexibility index (Phi) is 5.26. The molecular weight excluding hydrogens is 296 g/mol. The van der Waals surface area contributed by atoms with Gasteiger partial charge in [0.05, 0.1) is 5.56 Å². The average Bonchev–Trinajstić information content (AvgIpc) is 2.48. The highest BCUT2D eigenvalue weighted by atomic mass is 16.6. The smallest absolute Gasteiger partial charge is 0.338 e. The third-order valence-corrected chi connectivity index (χ3v) is 3.73. The van der Waals surface area contributed by atoms with Crippen LogP contribution in [0.2, 0.25) is 0 Å². The topological polar surface area (TPSA) is 105 Å². The van der Waals surface area contributed by atoms with E-state index in [4.69, 9.17) is 20.9 Å². The maximum atomic E-state index is 12.1. The first-order valence-corrected chi connectivity index (χ1v) is 7.58. The highest BCUT2D eigenvalue weighted by Crippen LogP contribution is 2.25. The summed E-state index contributed by atoms with van der Waals surface area (Å²) in [7, 11) is 0. The molecule has 0 atom stereocenters.